The van der Waals surface area contributed by atoms with Crippen molar-refractivity contribution in [3.8, 4) is 0 Å². The Morgan fingerprint density at radius 1 is 1.26 bits per heavy atom. The van der Waals surface area contributed by atoms with Gasteiger partial charge < -0.3 is 10.4 Å². The van der Waals surface area contributed by atoms with Gasteiger partial charge in [0.1, 0.15) is 0 Å². The van der Waals surface area contributed by atoms with Crippen molar-refractivity contribution in [1.29, 1.82) is 0 Å². The number of hydrogen-bond donors (Lipinski definition) is 2. The van der Waals surface area contributed by atoms with E-state index in [2.05, 4.69) is 39.9 Å². The molecule has 5 atom stereocenters. The van der Waals surface area contributed by atoms with Crippen LogP contribution in [0.15, 0.2) is 0 Å². The van der Waals surface area contributed by atoms with E-state index in [9.17, 15) is 5.11 Å². The summed E-state index contributed by atoms with van der Waals surface area (Å²) in [5.41, 5.74) is 0.407. The quantitative estimate of drug-likeness (QED) is 0.809. The second kappa shape index (κ2) is 7.33. The van der Waals surface area contributed by atoms with Crippen LogP contribution in [0, 0.1) is 11.3 Å². The molecule has 0 aromatic rings. The standard InChI is InChI=1S/C16H33NOS/c1-7-17-14-9-8-13(16(4,5)6)10-15(14)19-12(3)11(2)18/h11-15,17-18H,7-10H2,1-6H3. The molecule has 0 radical (unpaired) electrons. The Bertz CT molecular complexity index is 262. The summed E-state index contributed by atoms with van der Waals surface area (Å²) in [7, 11) is 0. The van der Waals surface area contributed by atoms with Gasteiger partial charge in [0.15, 0.2) is 0 Å². The minimum absolute atomic E-state index is 0.220. The van der Waals surface area contributed by atoms with Crippen molar-refractivity contribution >= 4 is 11.8 Å². The molecule has 3 heteroatoms. The number of aliphatic hydroxyl groups is 1. The van der Waals surface area contributed by atoms with Gasteiger partial charge in [-0.2, -0.15) is 11.8 Å². The fourth-order valence-electron chi connectivity index (χ4n) is 2.95. The Morgan fingerprint density at radius 3 is 2.37 bits per heavy atom. The summed E-state index contributed by atoms with van der Waals surface area (Å²) in [4.78, 5) is 0. The number of hydrogen-bond acceptors (Lipinski definition) is 3. The van der Waals surface area contributed by atoms with Crippen molar-refractivity contribution in [2.45, 2.75) is 83.5 Å². The average molecular weight is 288 g/mol. The normalized spacial score (nSPS) is 32.1. The molecule has 1 aliphatic carbocycles. The van der Waals surface area contributed by atoms with Gasteiger partial charge in [-0.05, 0) is 44.1 Å². The molecule has 114 valence electrons. The van der Waals surface area contributed by atoms with E-state index in [4.69, 9.17) is 0 Å². The zero-order chi connectivity index (χ0) is 14.6. The predicted molar refractivity (Wildman–Crippen MR) is 86.8 cm³/mol. The van der Waals surface area contributed by atoms with Crippen LogP contribution in [0.4, 0.5) is 0 Å². The van der Waals surface area contributed by atoms with E-state index in [0.717, 1.165) is 12.5 Å². The van der Waals surface area contributed by atoms with Gasteiger partial charge in [0.05, 0.1) is 6.10 Å². The summed E-state index contributed by atoms with van der Waals surface area (Å²) < 4.78 is 0. The summed E-state index contributed by atoms with van der Waals surface area (Å²) in [6, 6.07) is 0.620. The lowest BCUT2D eigenvalue weighted by Gasteiger charge is -2.42. The van der Waals surface area contributed by atoms with Gasteiger partial charge in [0, 0.05) is 16.5 Å². The Morgan fingerprint density at radius 2 is 1.89 bits per heavy atom. The summed E-state index contributed by atoms with van der Waals surface area (Å²) in [5.74, 6) is 0.807. The monoisotopic (exact) mass is 287 g/mol. The molecule has 0 aliphatic heterocycles. The molecule has 1 rings (SSSR count). The van der Waals surface area contributed by atoms with Crippen LogP contribution in [0.2, 0.25) is 0 Å². The first kappa shape index (κ1) is 17.3. The van der Waals surface area contributed by atoms with Crippen molar-refractivity contribution in [2.75, 3.05) is 6.54 Å². The number of aliphatic hydroxyl groups excluding tert-OH is 1. The smallest absolute Gasteiger partial charge is 0.0628 e. The zero-order valence-corrected chi connectivity index (χ0v) is 14.4. The third-order valence-corrected chi connectivity index (χ3v) is 6.25. The Labute approximate surface area is 124 Å². The van der Waals surface area contributed by atoms with Gasteiger partial charge in [-0.25, -0.2) is 0 Å². The highest BCUT2D eigenvalue weighted by atomic mass is 32.2. The number of rotatable bonds is 5. The lowest BCUT2D eigenvalue weighted by Crippen LogP contribution is -2.45. The van der Waals surface area contributed by atoms with Gasteiger partial charge in [-0.1, -0.05) is 34.6 Å². The van der Waals surface area contributed by atoms with Gasteiger partial charge >= 0.3 is 0 Å². The average Bonchev–Trinajstić information content (AvgIpc) is 2.30. The van der Waals surface area contributed by atoms with Crippen LogP contribution in [0.1, 0.15) is 60.8 Å². The predicted octanol–water partition coefficient (Wildman–Crippen LogP) is 3.68. The highest BCUT2D eigenvalue weighted by Crippen LogP contribution is 2.42. The van der Waals surface area contributed by atoms with Crippen molar-refractivity contribution in [1.82, 2.24) is 5.32 Å². The van der Waals surface area contributed by atoms with Gasteiger partial charge in [0.25, 0.3) is 0 Å². The second-order valence-electron chi connectivity index (χ2n) is 7.16. The molecule has 0 heterocycles. The summed E-state index contributed by atoms with van der Waals surface area (Å²) in [6.45, 7) is 14.4. The molecule has 0 bridgehead atoms. The third-order valence-electron chi connectivity index (χ3n) is 4.55. The Hall–Kier alpha value is 0.270. The van der Waals surface area contributed by atoms with Crippen molar-refractivity contribution in [3.05, 3.63) is 0 Å². The zero-order valence-electron chi connectivity index (χ0n) is 13.6. The summed E-state index contributed by atoms with van der Waals surface area (Å²) >= 11 is 1.98. The number of thioether (sulfide) groups is 1. The SMILES string of the molecule is CCNC1CCC(C(C)(C)C)CC1SC(C)C(C)O. The van der Waals surface area contributed by atoms with E-state index < -0.39 is 0 Å². The molecule has 2 nitrogen and oxygen atoms in total. The lowest BCUT2D eigenvalue weighted by atomic mass is 9.71. The number of nitrogens with one attached hydrogen (secondary N) is 1. The molecule has 0 aromatic heterocycles. The first-order valence-corrected chi connectivity index (χ1v) is 8.76. The second-order valence-corrected chi connectivity index (χ2v) is 8.78. The summed E-state index contributed by atoms with van der Waals surface area (Å²) in [5, 5.41) is 14.4. The van der Waals surface area contributed by atoms with Crippen molar-refractivity contribution < 1.29 is 5.11 Å². The van der Waals surface area contributed by atoms with E-state index in [1.165, 1.54) is 19.3 Å². The molecule has 1 aliphatic rings. The Kier molecular flexibility index (Phi) is 6.68. The van der Waals surface area contributed by atoms with Crippen LogP contribution in [0.5, 0.6) is 0 Å². The maximum Gasteiger partial charge on any atom is 0.0628 e. The van der Waals surface area contributed by atoms with E-state index in [1.54, 1.807) is 0 Å². The molecule has 0 aromatic carbocycles. The molecular formula is C16H33NOS. The fraction of sp³-hybridized carbons (Fsp3) is 1.00. The fourth-order valence-corrected chi connectivity index (χ4v) is 4.50. The third kappa shape index (κ3) is 5.28. The molecule has 5 unspecified atom stereocenters. The topological polar surface area (TPSA) is 32.3 Å². The minimum atomic E-state index is -0.220. The van der Waals surface area contributed by atoms with Crippen LogP contribution < -0.4 is 5.32 Å². The van der Waals surface area contributed by atoms with E-state index >= 15 is 0 Å². The lowest BCUT2D eigenvalue weighted by molar-refractivity contribution is 0.164. The first-order valence-electron chi connectivity index (χ1n) is 7.82. The molecular weight excluding hydrogens is 254 g/mol. The van der Waals surface area contributed by atoms with Crippen LogP contribution in [-0.4, -0.2) is 34.3 Å². The van der Waals surface area contributed by atoms with Crippen LogP contribution in [-0.2, 0) is 0 Å². The first-order chi connectivity index (χ1) is 8.75. The van der Waals surface area contributed by atoms with Gasteiger partial charge in [0.2, 0.25) is 0 Å². The van der Waals surface area contributed by atoms with Gasteiger partial charge in [-0.3, -0.25) is 0 Å². The van der Waals surface area contributed by atoms with Gasteiger partial charge in [-0.15, -0.1) is 0 Å². The minimum Gasteiger partial charge on any atom is -0.392 e. The van der Waals surface area contributed by atoms with Crippen LogP contribution in [0.25, 0.3) is 0 Å². The maximum atomic E-state index is 9.75. The molecule has 0 amide bonds. The highest BCUT2D eigenvalue weighted by molar-refractivity contribution is 8.00. The van der Waals surface area contributed by atoms with Crippen molar-refractivity contribution in [2.24, 2.45) is 11.3 Å². The van der Waals surface area contributed by atoms with E-state index in [-0.39, 0.29) is 6.10 Å². The Balaban J connectivity index is 2.67. The molecule has 1 saturated carbocycles. The molecule has 1 fully saturated rings. The largest absolute Gasteiger partial charge is 0.392 e. The maximum absolute atomic E-state index is 9.75. The molecule has 19 heavy (non-hydrogen) atoms. The van der Waals surface area contributed by atoms with E-state index in [1.807, 2.05) is 18.7 Å². The summed E-state index contributed by atoms with van der Waals surface area (Å²) in [6.07, 6.45) is 3.67. The molecule has 0 saturated heterocycles. The highest BCUT2D eigenvalue weighted by Gasteiger charge is 2.36. The van der Waals surface area contributed by atoms with E-state index in [0.29, 0.717) is 22.0 Å². The molecule has 2 N–H and O–H groups in total. The van der Waals surface area contributed by atoms with Crippen molar-refractivity contribution in [3.63, 3.8) is 0 Å². The van der Waals surface area contributed by atoms with Crippen LogP contribution in [0.3, 0.4) is 0 Å². The van der Waals surface area contributed by atoms with Crippen LogP contribution >= 0.6 is 11.8 Å². The molecule has 0 spiro atoms.